The molecular weight excluding hydrogens is 310 g/mol. The number of hydrogen-bond donors (Lipinski definition) is 2. The minimum absolute atomic E-state index is 0.160. The maximum atomic E-state index is 13.0. The summed E-state index contributed by atoms with van der Waals surface area (Å²) in [6, 6.07) is 5.91. The van der Waals surface area contributed by atoms with Gasteiger partial charge in [0.15, 0.2) is 5.82 Å². The van der Waals surface area contributed by atoms with E-state index in [4.69, 9.17) is 5.11 Å². The number of carboxylic acids is 1. The van der Waals surface area contributed by atoms with Gasteiger partial charge in [-0.3, -0.25) is 4.98 Å². The summed E-state index contributed by atoms with van der Waals surface area (Å²) >= 11 is 0. The van der Waals surface area contributed by atoms with E-state index in [1.807, 2.05) is 0 Å². The average molecular weight is 327 g/mol. The largest absolute Gasteiger partial charge is 0.478 e. The van der Waals surface area contributed by atoms with Crippen LogP contribution in [-0.4, -0.2) is 58.2 Å². The van der Waals surface area contributed by atoms with Gasteiger partial charge in [-0.15, -0.1) is 0 Å². The molecule has 3 rings (SSSR count). The number of hydrogen-bond acceptors (Lipinski definition) is 5. The molecule has 1 aromatic carbocycles. The second kappa shape index (κ2) is 7.05. The Bertz CT molecular complexity index is 714. The van der Waals surface area contributed by atoms with Crippen LogP contribution in [-0.2, 0) is 0 Å². The molecule has 0 atom stereocenters. The number of anilines is 2. The summed E-state index contributed by atoms with van der Waals surface area (Å²) in [6.07, 6.45) is 4.55. The van der Waals surface area contributed by atoms with Gasteiger partial charge in [0.2, 0.25) is 0 Å². The van der Waals surface area contributed by atoms with E-state index >= 15 is 0 Å². The third kappa shape index (κ3) is 3.33. The summed E-state index contributed by atoms with van der Waals surface area (Å²) in [4.78, 5) is 35.4. The van der Waals surface area contributed by atoms with Crippen LogP contribution in [0.3, 0.4) is 0 Å². The lowest BCUT2D eigenvalue weighted by molar-refractivity contribution is 0.0697. The SMILES string of the molecule is O=C(O)c1ccc(N(C(=O)N2CCNCC2)c2cnccn2)cc1. The molecule has 1 aliphatic heterocycles. The Morgan fingerprint density at radius 3 is 2.42 bits per heavy atom. The molecule has 0 bridgehead atoms. The van der Waals surface area contributed by atoms with Crippen molar-refractivity contribution in [1.29, 1.82) is 0 Å². The maximum absolute atomic E-state index is 13.0. The van der Waals surface area contributed by atoms with Crippen LogP contribution in [0.15, 0.2) is 42.9 Å². The fraction of sp³-hybridized carbons (Fsp3) is 0.250. The number of nitrogens with zero attached hydrogens (tertiary/aromatic N) is 4. The van der Waals surface area contributed by atoms with Crippen LogP contribution in [0.25, 0.3) is 0 Å². The first-order valence-electron chi connectivity index (χ1n) is 7.56. The van der Waals surface area contributed by atoms with Gasteiger partial charge in [-0.2, -0.15) is 0 Å². The van der Waals surface area contributed by atoms with E-state index in [9.17, 15) is 9.59 Å². The molecule has 24 heavy (non-hydrogen) atoms. The minimum atomic E-state index is -1.01. The summed E-state index contributed by atoms with van der Waals surface area (Å²) in [5.41, 5.74) is 0.705. The van der Waals surface area contributed by atoms with E-state index in [-0.39, 0.29) is 11.6 Å². The quantitative estimate of drug-likeness (QED) is 0.882. The van der Waals surface area contributed by atoms with Crippen LogP contribution in [0.1, 0.15) is 10.4 Å². The molecule has 0 spiro atoms. The van der Waals surface area contributed by atoms with E-state index in [2.05, 4.69) is 15.3 Å². The second-order valence-corrected chi connectivity index (χ2v) is 5.27. The predicted octanol–water partition coefficient (Wildman–Crippen LogP) is 1.34. The van der Waals surface area contributed by atoms with Gasteiger partial charge < -0.3 is 15.3 Å². The molecule has 1 saturated heterocycles. The van der Waals surface area contributed by atoms with Gasteiger partial charge in [0.1, 0.15) is 0 Å². The Kier molecular flexibility index (Phi) is 4.66. The number of benzene rings is 1. The van der Waals surface area contributed by atoms with Crippen LogP contribution in [0.5, 0.6) is 0 Å². The van der Waals surface area contributed by atoms with Crippen LogP contribution in [0.2, 0.25) is 0 Å². The smallest absolute Gasteiger partial charge is 0.335 e. The van der Waals surface area contributed by atoms with Crippen molar-refractivity contribution < 1.29 is 14.7 Å². The van der Waals surface area contributed by atoms with Crippen molar-refractivity contribution in [2.75, 3.05) is 31.1 Å². The van der Waals surface area contributed by atoms with Gasteiger partial charge in [0.25, 0.3) is 0 Å². The Morgan fingerprint density at radius 2 is 1.83 bits per heavy atom. The highest BCUT2D eigenvalue weighted by Gasteiger charge is 2.26. The van der Waals surface area contributed by atoms with Crippen molar-refractivity contribution in [1.82, 2.24) is 20.2 Å². The molecule has 8 heteroatoms. The highest BCUT2D eigenvalue weighted by Crippen LogP contribution is 2.25. The molecule has 0 aliphatic carbocycles. The first kappa shape index (κ1) is 15.9. The van der Waals surface area contributed by atoms with Crippen molar-refractivity contribution in [3.05, 3.63) is 48.4 Å². The molecule has 1 fully saturated rings. The zero-order valence-corrected chi connectivity index (χ0v) is 12.9. The Hall–Kier alpha value is -3.00. The zero-order valence-electron chi connectivity index (χ0n) is 12.9. The van der Waals surface area contributed by atoms with Crippen LogP contribution < -0.4 is 10.2 Å². The Balaban J connectivity index is 1.95. The van der Waals surface area contributed by atoms with Gasteiger partial charge in [-0.1, -0.05) is 0 Å². The molecule has 0 radical (unpaired) electrons. The fourth-order valence-electron chi connectivity index (χ4n) is 2.50. The van der Waals surface area contributed by atoms with Gasteiger partial charge in [-0.05, 0) is 24.3 Å². The lowest BCUT2D eigenvalue weighted by atomic mass is 10.2. The fourth-order valence-corrected chi connectivity index (χ4v) is 2.50. The monoisotopic (exact) mass is 327 g/mol. The van der Waals surface area contributed by atoms with Gasteiger partial charge in [-0.25, -0.2) is 19.5 Å². The van der Waals surface area contributed by atoms with Crippen molar-refractivity contribution in [3.63, 3.8) is 0 Å². The predicted molar refractivity (Wildman–Crippen MR) is 87.4 cm³/mol. The number of amides is 2. The topological polar surface area (TPSA) is 98.7 Å². The molecule has 1 aliphatic rings. The molecule has 0 saturated carbocycles. The summed E-state index contributed by atoms with van der Waals surface area (Å²) < 4.78 is 0. The molecule has 1 aromatic heterocycles. The highest BCUT2D eigenvalue weighted by molar-refractivity contribution is 5.99. The third-order valence-corrected chi connectivity index (χ3v) is 3.73. The molecular formula is C16H17N5O3. The lowest BCUT2D eigenvalue weighted by Gasteiger charge is -2.32. The maximum Gasteiger partial charge on any atom is 0.335 e. The van der Waals surface area contributed by atoms with E-state index in [1.165, 1.54) is 35.6 Å². The summed E-state index contributed by atoms with van der Waals surface area (Å²) in [7, 11) is 0. The van der Waals surface area contributed by atoms with Crippen LogP contribution in [0, 0.1) is 0 Å². The number of urea groups is 1. The number of aromatic nitrogens is 2. The molecule has 0 unspecified atom stereocenters. The molecule has 8 nitrogen and oxygen atoms in total. The molecule has 2 aromatic rings. The molecule has 2 heterocycles. The molecule has 2 amide bonds. The molecule has 2 N–H and O–H groups in total. The lowest BCUT2D eigenvalue weighted by Crippen LogP contribution is -2.50. The standard InChI is InChI=1S/C16H17N5O3/c22-15(23)12-1-3-13(4-2-12)21(14-11-18-5-6-19-14)16(24)20-9-7-17-8-10-20/h1-6,11,17H,7-10H2,(H,22,23). The number of carbonyl (C=O) groups excluding carboxylic acids is 1. The Labute approximate surface area is 138 Å². The number of carbonyl (C=O) groups is 2. The van der Waals surface area contributed by atoms with Crippen molar-refractivity contribution in [3.8, 4) is 0 Å². The van der Waals surface area contributed by atoms with E-state index in [1.54, 1.807) is 17.0 Å². The number of rotatable bonds is 3. The number of piperazine rings is 1. The van der Waals surface area contributed by atoms with Crippen molar-refractivity contribution in [2.45, 2.75) is 0 Å². The highest BCUT2D eigenvalue weighted by atomic mass is 16.4. The number of nitrogens with one attached hydrogen (secondary N) is 1. The average Bonchev–Trinajstić information content (AvgIpc) is 2.64. The van der Waals surface area contributed by atoms with E-state index in [0.717, 1.165) is 13.1 Å². The van der Waals surface area contributed by atoms with E-state index < -0.39 is 5.97 Å². The van der Waals surface area contributed by atoms with Crippen LogP contribution in [0.4, 0.5) is 16.3 Å². The van der Waals surface area contributed by atoms with Gasteiger partial charge in [0.05, 0.1) is 17.4 Å². The normalized spacial score (nSPS) is 14.2. The number of aromatic carboxylic acids is 1. The summed E-state index contributed by atoms with van der Waals surface area (Å²) in [5, 5.41) is 12.2. The Morgan fingerprint density at radius 1 is 1.12 bits per heavy atom. The first-order valence-corrected chi connectivity index (χ1v) is 7.56. The van der Waals surface area contributed by atoms with Crippen molar-refractivity contribution >= 4 is 23.5 Å². The summed E-state index contributed by atoms with van der Waals surface area (Å²) in [5.74, 6) is -0.620. The first-order chi connectivity index (χ1) is 11.7. The van der Waals surface area contributed by atoms with E-state index in [0.29, 0.717) is 24.6 Å². The second-order valence-electron chi connectivity index (χ2n) is 5.27. The van der Waals surface area contributed by atoms with Gasteiger partial charge >= 0.3 is 12.0 Å². The minimum Gasteiger partial charge on any atom is -0.478 e. The third-order valence-electron chi connectivity index (χ3n) is 3.73. The van der Waals surface area contributed by atoms with Crippen molar-refractivity contribution in [2.24, 2.45) is 0 Å². The van der Waals surface area contributed by atoms with Gasteiger partial charge in [0, 0.05) is 38.6 Å². The van der Waals surface area contributed by atoms with Crippen LogP contribution >= 0.6 is 0 Å². The zero-order chi connectivity index (χ0) is 16.9. The number of carboxylic acid groups (broad SMARTS) is 1. The summed E-state index contributed by atoms with van der Waals surface area (Å²) in [6.45, 7) is 2.67. The molecule has 124 valence electrons.